The first-order valence-electron chi connectivity index (χ1n) is 13.1. The summed E-state index contributed by atoms with van der Waals surface area (Å²) in [6, 6.07) is 11.8. The van der Waals surface area contributed by atoms with E-state index in [0.29, 0.717) is 18.1 Å². The van der Waals surface area contributed by atoms with Gasteiger partial charge in [-0.1, -0.05) is 55.8 Å². The van der Waals surface area contributed by atoms with Crippen LogP contribution >= 0.6 is 22.9 Å². The summed E-state index contributed by atoms with van der Waals surface area (Å²) in [4.78, 5) is 35.8. The van der Waals surface area contributed by atoms with Crippen LogP contribution in [0.2, 0.25) is 5.02 Å². The van der Waals surface area contributed by atoms with Crippen molar-refractivity contribution in [3.05, 3.63) is 75.4 Å². The third-order valence-electron chi connectivity index (χ3n) is 7.59. The molecule has 0 radical (unpaired) electrons. The van der Waals surface area contributed by atoms with Crippen molar-refractivity contribution in [2.45, 2.75) is 64.7 Å². The van der Waals surface area contributed by atoms with Crippen molar-refractivity contribution in [3.63, 3.8) is 0 Å². The monoisotopic (exact) mass is 568 g/mol. The Morgan fingerprint density at radius 3 is 2.59 bits per heavy atom. The summed E-state index contributed by atoms with van der Waals surface area (Å²) < 4.78 is 0. The molecule has 4 atom stereocenters. The van der Waals surface area contributed by atoms with E-state index in [0.717, 1.165) is 32.8 Å². The highest BCUT2D eigenvalue weighted by Gasteiger charge is 2.46. The first kappa shape index (κ1) is 27.7. The van der Waals surface area contributed by atoms with Crippen LogP contribution in [0.3, 0.4) is 0 Å². The normalized spacial score (nSPS) is 21.8. The molecule has 2 aliphatic heterocycles. The fourth-order valence-corrected chi connectivity index (χ4v) is 6.63. The highest BCUT2D eigenvalue weighted by atomic mass is 35.5. The Morgan fingerprint density at radius 2 is 1.92 bits per heavy atom. The molecule has 10 heteroatoms. The maximum Gasteiger partial charge on any atom is 0.243 e. The number of benzene rings is 2. The number of likely N-dealkylation sites (tertiary alicyclic amines) is 1. The lowest BCUT2D eigenvalue weighted by Crippen LogP contribution is -2.54. The van der Waals surface area contributed by atoms with Crippen molar-refractivity contribution in [1.29, 1.82) is 0 Å². The summed E-state index contributed by atoms with van der Waals surface area (Å²) in [7, 11) is 0. The van der Waals surface area contributed by atoms with Gasteiger partial charge in [-0.2, -0.15) is 0 Å². The molecular weight excluding hydrogens is 536 g/mol. The Hall–Kier alpha value is -2.82. The summed E-state index contributed by atoms with van der Waals surface area (Å²) in [6.45, 7) is 6.58. The quantitative estimate of drug-likeness (QED) is 0.399. The van der Waals surface area contributed by atoms with Gasteiger partial charge in [-0.15, -0.1) is 11.3 Å². The van der Waals surface area contributed by atoms with E-state index >= 15 is 0 Å². The molecule has 3 N–H and O–H groups in total. The Morgan fingerprint density at radius 1 is 1.18 bits per heavy atom. The highest BCUT2D eigenvalue weighted by molar-refractivity contribution is 7.13. The lowest BCUT2D eigenvalue weighted by atomic mass is 10.00. The number of aliphatic hydroxyl groups excluding tert-OH is 2. The molecular formula is C29H33ClN4O4S. The number of carbonyl (C=O) groups is 2. The Labute approximate surface area is 237 Å². The molecule has 2 amide bonds. The molecule has 0 bridgehead atoms. The second-order valence-corrected chi connectivity index (χ2v) is 11.9. The Kier molecular flexibility index (Phi) is 8.07. The fraction of sp³-hybridized carbons (Fsp3) is 0.414. The van der Waals surface area contributed by atoms with E-state index in [1.165, 1.54) is 4.90 Å². The van der Waals surface area contributed by atoms with Crippen LogP contribution < -0.4 is 5.32 Å². The van der Waals surface area contributed by atoms with E-state index in [9.17, 15) is 19.8 Å². The molecule has 5 rings (SSSR count). The van der Waals surface area contributed by atoms with Gasteiger partial charge < -0.3 is 20.4 Å². The highest BCUT2D eigenvalue weighted by Crippen LogP contribution is 2.37. The van der Waals surface area contributed by atoms with Crippen LogP contribution in [0.1, 0.15) is 48.9 Å². The van der Waals surface area contributed by atoms with E-state index < -0.39 is 24.4 Å². The minimum atomic E-state index is -0.954. The zero-order chi connectivity index (χ0) is 27.8. The lowest BCUT2D eigenvalue weighted by Gasteiger charge is -2.36. The van der Waals surface area contributed by atoms with Gasteiger partial charge in [0, 0.05) is 31.1 Å². The van der Waals surface area contributed by atoms with E-state index in [2.05, 4.69) is 10.3 Å². The van der Waals surface area contributed by atoms with Gasteiger partial charge in [-0.25, -0.2) is 4.98 Å². The maximum atomic E-state index is 13.9. The molecule has 39 heavy (non-hydrogen) atoms. The molecule has 1 saturated heterocycles. The van der Waals surface area contributed by atoms with Crippen LogP contribution in [-0.2, 0) is 22.7 Å². The number of nitrogens with one attached hydrogen (secondary N) is 1. The molecule has 3 heterocycles. The predicted molar refractivity (Wildman–Crippen MR) is 151 cm³/mol. The molecule has 8 nitrogen and oxygen atoms in total. The minimum Gasteiger partial charge on any atom is -0.391 e. The molecule has 206 valence electrons. The van der Waals surface area contributed by atoms with Crippen LogP contribution in [0.25, 0.3) is 10.4 Å². The zero-order valence-electron chi connectivity index (χ0n) is 22.2. The van der Waals surface area contributed by atoms with Crippen LogP contribution in [0, 0.1) is 12.8 Å². The van der Waals surface area contributed by atoms with Gasteiger partial charge in [0.05, 0.1) is 28.2 Å². The molecule has 2 aliphatic rings. The summed E-state index contributed by atoms with van der Waals surface area (Å²) in [5, 5.41) is 25.0. The second-order valence-electron chi connectivity index (χ2n) is 10.7. The Balaban J connectivity index is 1.27. The van der Waals surface area contributed by atoms with E-state index in [-0.39, 0.29) is 30.7 Å². The smallest absolute Gasteiger partial charge is 0.243 e. The average Bonchev–Trinajstić information content (AvgIpc) is 3.59. The van der Waals surface area contributed by atoms with Crippen LogP contribution in [0.4, 0.5) is 0 Å². The SMILES string of the molecule is Cc1ncsc1-c1ccc(CNC(=O)[C@@H]2C[C@@H](O)CN2C(=O)[C@H](C(C)C)N2Cc3cc(Cl)ccc3C2O)cc1. The first-order chi connectivity index (χ1) is 18.6. The molecule has 0 saturated carbocycles. The van der Waals surface area contributed by atoms with Gasteiger partial charge in [0.1, 0.15) is 12.3 Å². The topological polar surface area (TPSA) is 106 Å². The standard InChI is InChI=1S/C29H33ClN4O4S/c1-16(2)25(34-13-20-10-21(30)8-9-23(20)28(34)37)29(38)33-14-22(35)11-24(33)27(36)31-12-18-4-6-19(7-5-18)26-17(3)32-15-39-26/h4-10,15-16,22,24-25,28,35,37H,11-14H2,1-3H3,(H,31,36)/t22-,24+,25+,28?/m1/s1. The van der Waals surface area contributed by atoms with E-state index in [4.69, 9.17) is 11.6 Å². The van der Waals surface area contributed by atoms with Gasteiger partial charge in [-0.05, 0) is 47.2 Å². The largest absolute Gasteiger partial charge is 0.391 e. The minimum absolute atomic E-state index is 0.0751. The third kappa shape index (κ3) is 5.60. The zero-order valence-corrected chi connectivity index (χ0v) is 23.7. The number of amides is 2. The van der Waals surface area contributed by atoms with Crippen molar-refractivity contribution in [2.75, 3.05) is 6.54 Å². The number of fused-ring (bicyclic) bond motifs is 1. The number of aliphatic hydroxyl groups is 2. The van der Waals surface area contributed by atoms with Crippen LogP contribution in [0.15, 0.2) is 48.0 Å². The van der Waals surface area contributed by atoms with Crippen molar-refractivity contribution >= 4 is 34.8 Å². The summed E-state index contributed by atoms with van der Waals surface area (Å²) in [5.74, 6) is -0.718. The number of hydrogen-bond acceptors (Lipinski definition) is 7. The van der Waals surface area contributed by atoms with Gasteiger partial charge in [0.2, 0.25) is 11.8 Å². The molecule has 2 aromatic carbocycles. The van der Waals surface area contributed by atoms with Crippen molar-refractivity contribution < 1.29 is 19.8 Å². The molecule has 0 aliphatic carbocycles. The average molecular weight is 569 g/mol. The van der Waals surface area contributed by atoms with Gasteiger partial charge in [-0.3, -0.25) is 14.5 Å². The molecule has 1 fully saturated rings. The molecule has 3 aromatic rings. The van der Waals surface area contributed by atoms with E-state index in [1.807, 2.05) is 56.6 Å². The number of hydrogen-bond donors (Lipinski definition) is 3. The van der Waals surface area contributed by atoms with E-state index in [1.54, 1.807) is 28.4 Å². The summed E-state index contributed by atoms with van der Waals surface area (Å²) >= 11 is 7.75. The molecule has 0 spiro atoms. The van der Waals surface area contributed by atoms with Crippen molar-refractivity contribution in [3.8, 4) is 10.4 Å². The summed E-state index contributed by atoms with van der Waals surface area (Å²) in [5.41, 5.74) is 6.42. The van der Waals surface area contributed by atoms with Gasteiger partial charge >= 0.3 is 0 Å². The van der Waals surface area contributed by atoms with Gasteiger partial charge in [0.25, 0.3) is 0 Å². The van der Waals surface area contributed by atoms with Crippen LogP contribution in [0.5, 0.6) is 0 Å². The number of thiazole rings is 1. The lowest BCUT2D eigenvalue weighted by molar-refractivity contribution is -0.149. The molecule has 1 unspecified atom stereocenters. The number of nitrogens with zero attached hydrogens (tertiary/aromatic N) is 3. The van der Waals surface area contributed by atoms with Crippen molar-refractivity contribution in [2.24, 2.45) is 5.92 Å². The third-order valence-corrected chi connectivity index (χ3v) is 8.80. The number of carbonyl (C=O) groups excluding carboxylic acids is 2. The van der Waals surface area contributed by atoms with Crippen LogP contribution in [-0.4, -0.2) is 61.5 Å². The number of β-amino-alcohol motifs (C(OH)–C–C–N with tert-alkyl or cyclic N) is 1. The first-order valence-corrected chi connectivity index (χ1v) is 14.4. The fourth-order valence-electron chi connectivity index (χ4n) is 5.62. The predicted octanol–water partition coefficient (Wildman–Crippen LogP) is 3.88. The number of halogens is 1. The number of aryl methyl sites for hydroxylation is 1. The second kappa shape index (κ2) is 11.3. The Bertz CT molecular complexity index is 1360. The van der Waals surface area contributed by atoms with Crippen molar-refractivity contribution in [1.82, 2.24) is 20.1 Å². The van der Waals surface area contributed by atoms with Gasteiger partial charge in [0.15, 0.2) is 0 Å². The molecule has 1 aromatic heterocycles. The summed E-state index contributed by atoms with van der Waals surface area (Å²) in [6.07, 6.45) is -1.58. The number of aromatic nitrogens is 1. The maximum absolute atomic E-state index is 13.9. The number of rotatable bonds is 7.